The second kappa shape index (κ2) is 10.8. The van der Waals surface area contributed by atoms with Crippen molar-refractivity contribution in [3.8, 4) is 11.3 Å². The summed E-state index contributed by atoms with van der Waals surface area (Å²) in [5.74, 6) is 1.05. The maximum atomic E-state index is 12.5. The molecule has 2 heterocycles. The molecule has 0 spiro atoms. The molecule has 0 bridgehead atoms. The molecule has 3 aromatic rings. The maximum absolute atomic E-state index is 12.5. The number of hydrogen-bond donors (Lipinski definition) is 1. The molecule has 2 aromatic carbocycles. The van der Waals surface area contributed by atoms with Crippen molar-refractivity contribution in [1.29, 1.82) is 0 Å². The summed E-state index contributed by atoms with van der Waals surface area (Å²) in [5.41, 5.74) is 2.13. The predicted molar refractivity (Wildman–Crippen MR) is 147 cm³/mol. The van der Waals surface area contributed by atoms with Crippen LogP contribution in [0.4, 0.5) is 11.4 Å². The van der Waals surface area contributed by atoms with Gasteiger partial charge in [0, 0.05) is 59.6 Å². The highest BCUT2D eigenvalue weighted by Gasteiger charge is 2.29. The van der Waals surface area contributed by atoms with Crippen LogP contribution in [0.15, 0.2) is 65.1 Å². The van der Waals surface area contributed by atoms with Gasteiger partial charge in [-0.1, -0.05) is 44.0 Å². The Kier molecular flexibility index (Phi) is 7.76. The minimum atomic E-state index is -0.361. The minimum absolute atomic E-state index is 0.188. The maximum Gasteiger partial charge on any atom is 0.248 e. The van der Waals surface area contributed by atoms with E-state index in [1.807, 2.05) is 49.9 Å². The quantitative estimate of drug-likeness (QED) is 0.381. The molecule has 1 fully saturated rings. The zero-order valence-electron chi connectivity index (χ0n) is 20.6. The summed E-state index contributed by atoms with van der Waals surface area (Å²) in [5, 5.41) is 3.91. The van der Waals surface area contributed by atoms with Gasteiger partial charge in [0.2, 0.25) is 11.8 Å². The number of anilines is 2. The first kappa shape index (κ1) is 25.9. The number of piperazine rings is 1. The van der Waals surface area contributed by atoms with Gasteiger partial charge in [-0.2, -0.15) is 0 Å². The standard InChI is InChI=1S/C28H29Cl2N3O3/c1-28(2,3)27(35)33-16-14-32(15-17-33)21-7-5-20(6-8-21)31-26(34)13-10-22-9-12-25(36-22)23-11-4-19(29)18-24(23)30/h4-13,18H,14-17H2,1-3H3,(H,31,34)/b13-10+. The Morgan fingerprint density at radius 3 is 2.28 bits per heavy atom. The molecule has 0 aliphatic carbocycles. The van der Waals surface area contributed by atoms with Gasteiger partial charge in [0.25, 0.3) is 0 Å². The van der Waals surface area contributed by atoms with E-state index in [2.05, 4.69) is 10.2 Å². The fourth-order valence-corrected chi connectivity index (χ4v) is 4.52. The summed E-state index contributed by atoms with van der Waals surface area (Å²) in [6, 6.07) is 16.5. The molecule has 188 valence electrons. The summed E-state index contributed by atoms with van der Waals surface area (Å²) >= 11 is 12.2. The predicted octanol–water partition coefficient (Wildman–Crippen LogP) is 6.60. The molecule has 1 N–H and O–H groups in total. The molecule has 0 unspecified atom stereocenters. The highest BCUT2D eigenvalue weighted by molar-refractivity contribution is 6.36. The van der Waals surface area contributed by atoms with Crippen LogP contribution < -0.4 is 10.2 Å². The second-order valence-electron chi connectivity index (χ2n) is 9.72. The number of halogens is 2. The first-order valence-electron chi connectivity index (χ1n) is 11.8. The molecule has 4 rings (SSSR count). The third-order valence-corrected chi connectivity index (χ3v) is 6.48. The van der Waals surface area contributed by atoms with Crippen LogP contribution in [0.1, 0.15) is 26.5 Å². The Hall–Kier alpha value is -3.22. The van der Waals surface area contributed by atoms with Crippen molar-refractivity contribution in [2.75, 3.05) is 36.4 Å². The van der Waals surface area contributed by atoms with Crippen LogP contribution in [-0.2, 0) is 9.59 Å². The van der Waals surface area contributed by atoms with E-state index in [9.17, 15) is 9.59 Å². The summed E-state index contributed by atoms with van der Waals surface area (Å²) in [7, 11) is 0. The number of nitrogens with one attached hydrogen (secondary N) is 1. The molecular weight excluding hydrogens is 497 g/mol. The minimum Gasteiger partial charge on any atom is -0.457 e. The van der Waals surface area contributed by atoms with Crippen LogP contribution in [0.5, 0.6) is 0 Å². The average molecular weight is 526 g/mol. The number of benzene rings is 2. The smallest absolute Gasteiger partial charge is 0.248 e. The number of amides is 2. The summed E-state index contributed by atoms with van der Waals surface area (Å²) < 4.78 is 5.79. The van der Waals surface area contributed by atoms with Crippen molar-refractivity contribution >= 4 is 52.5 Å². The molecule has 1 aliphatic heterocycles. The van der Waals surface area contributed by atoms with Crippen LogP contribution in [-0.4, -0.2) is 42.9 Å². The summed E-state index contributed by atoms with van der Waals surface area (Å²) in [4.78, 5) is 29.1. The number of nitrogens with zero attached hydrogens (tertiary/aromatic N) is 2. The van der Waals surface area contributed by atoms with E-state index >= 15 is 0 Å². The first-order valence-corrected chi connectivity index (χ1v) is 12.5. The van der Waals surface area contributed by atoms with Crippen molar-refractivity contribution < 1.29 is 14.0 Å². The molecule has 6 nitrogen and oxygen atoms in total. The number of rotatable bonds is 5. The molecule has 0 radical (unpaired) electrons. The van der Waals surface area contributed by atoms with Gasteiger partial charge in [0.15, 0.2) is 0 Å². The van der Waals surface area contributed by atoms with E-state index in [1.54, 1.807) is 36.4 Å². The molecule has 36 heavy (non-hydrogen) atoms. The van der Waals surface area contributed by atoms with Gasteiger partial charge in [-0.3, -0.25) is 9.59 Å². The van der Waals surface area contributed by atoms with Gasteiger partial charge in [-0.05, 0) is 60.7 Å². The molecule has 0 atom stereocenters. The van der Waals surface area contributed by atoms with Crippen molar-refractivity contribution in [1.82, 2.24) is 4.90 Å². The van der Waals surface area contributed by atoms with Crippen LogP contribution in [0.2, 0.25) is 10.0 Å². The summed E-state index contributed by atoms with van der Waals surface area (Å²) in [6.07, 6.45) is 3.03. The molecule has 0 saturated carbocycles. The zero-order chi connectivity index (χ0) is 25.9. The molecule has 8 heteroatoms. The fraction of sp³-hybridized carbons (Fsp3) is 0.286. The Morgan fingerprint density at radius 2 is 1.64 bits per heavy atom. The Balaban J connectivity index is 1.30. The third kappa shape index (κ3) is 6.31. The van der Waals surface area contributed by atoms with E-state index in [0.717, 1.165) is 24.3 Å². The molecular formula is C28H29Cl2N3O3. The summed E-state index contributed by atoms with van der Waals surface area (Å²) in [6.45, 7) is 8.83. The van der Waals surface area contributed by atoms with Gasteiger partial charge in [-0.15, -0.1) is 0 Å². The Labute approximate surface area is 221 Å². The lowest BCUT2D eigenvalue weighted by Crippen LogP contribution is -2.51. The van der Waals surface area contributed by atoms with Crippen LogP contribution >= 0.6 is 23.2 Å². The van der Waals surface area contributed by atoms with Crippen molar-refractivity contribution in [2.45, 2.75) is 20.8 Å². The first-order chi connectivity index (χ1) is 17.1. The molecule has 2 amide bonds. The van der Waals surface area contributed by atoms with Crippen molar-refractivity contribution in [3.63, 3.8) is 0 Å². The van der Waals surface area contributed by atoms with Crippen LogP contribution in [0, 0.1) is 5.41 Å². The number of hydrogen-bond acceptors (Lipinski definition) is 4. The highest BCUT2D eigenvalue weighted by Crippen LogP contribution is 2.32. The van der Waals surface area contributed by atoms with Crippen molar-refractivity contribution in [3.05, 3.63) is 76.5 Å². The van der Waals surface area contributed by atoms with Crippen LogP contribution in [0.3, 0.4) is 0 Å². The van der Waals surface area contributed by atoms with Gasteiger partial charge in [-0.25, -0.2) is 0 Å². The van der Waals surface area contributed by atoms with Crippen molar-refractivity contribution in [2.24, 2.45) is 5.41 Å². The normalized spacial score (nSPS) is 14.4. The monoisotopic (exact) mass is 525 g/mol. The number of carbonyl (C=O) groups is 2. The topological polar surface area (TPSA) is 65.8 Å². The van der Waals surface area contributed by atoms with Gasteiger partial charge in [0.05, 0.1) is 5.02 Å². The van der Waals surface area contributed by atoms with Gasteiger partial charge in [0.1, 0.15) is 11.5 Å². The Morgan fingerprint density at radius 1 is 0.944 bits per heavy atom. The van der Waals surface area contributed by atoms with E-state index in [1.165, 1.54) is 6.08 Å². The number of carbonyl (C=O) groups excluding carboxylic acids is 2. The number of furan rings is 1. The second-order valence-corrected chi connectivity index (χ2v) is 10.6. The van der Waals surface area contributed by atoms with E-state index < -0.39 is 0 Å². The van der Waals surface area contributed by atoms with Gasteiger partial charge < -0.3 is 19.5 Å². The highest BCUT2D eigenvalue weighted by atomic mass is 35.5. The molecule has 1 aromatic heterocycles. The average Bonchev–Trinajstić information content (AvgIpc) is 3.31. The SMILES string of the molecule is CC(C)(C)C(=O)N1CCN(c2ccc(NC(=O)/C=C/c3ccc(-c4ccc(Cl)cc4Cl)o3)cc2)CC1. The third-order valence-electron chi connectivity index (χ3n) is 5.93. The van der Waals surface area contributed by atoms with E-state index in [0.29, 0.717) is 40.3 Å². The lowest BCUT2D eigenvalue weighted by atomic mass is 9.94. The van der Waals surface area contributed by atoms with Crippen LogP contribution in [0.25, 0.3) is 17.4 Å². The zero-order valence-corrected chi connectivity index (χ0v) is 22.1. The van der Waals surface area contributed by atoms with Gasteiger partial charge >= 0.3 is 0 Å². The molecule has 1 aliphatic rings. The largest absolute Gasteiger partial charge is 0.457 e. The lowest BCUT2D eigenvalue weighted by Gasteiger charge is -2.38. The molecule has 1 saturated heterocycles. The Bertz CT molecular complexity index is 1270. The van der Waals surface area contributed by atoms with E-state index in [4.69, 9.17) is 27.6 Å². The van der Waals surface area contributed by atoms with E-state index in [-0.39, 0.29) is 17.2 Å². The lowest BCUT2D eigenvalue weighted by molar-refractivity contribution is -0.139. The fourth-order valence-electron chi connectivity index (χ4n) is 4.02.